The van der Waals surface area contributed by atoms with Crippen molar-refractivity contribution in [2.45, 2.75) is 12.1 Å². The summed E-state index contributed by atoms with van der Waals surface area (Å²) in [5.41, 5.74) is 7.33. The normalized spacial score (nSPS) is 12.5. The Kier molecular flexibility index (Phi) is 9.38. The molecule has 2 atom stereocenters. The number of hydrogen-bond donors (Lipinski definition) is 2. The van der Waals surface area contributed by atoms with Crippen molar-refractivity contribution in [2.75, 3.05) is 27.9 Å². The van der Waals surface area contributed by atoms with Crippen LogP contribution in [0.25, 0.3) is 0 Å². The minimum atomic E-state index is -0.797. The van der Waals surface area contributed by atoms with Gasteiger partial charge in [0.1, 0.15) is 17.5 Å². The van der Waals surface area contributed by atoms with Gasteiger partial charge in [-0.15, -0.1) is 12.4 Å². The van der Waals surface area contributed by atoms with Gasteiger partial charge in [-0.05, 0) is 23.8 Å². The number of hydrogen-bond acceptors (Lipinski definition) is 5. The Labute approximate surface area is 170 Å². The maximum atomic E-state index is 12.5. The van der Waals surface area contributed by atoms with Gasteiger partial charge in [0.25, 0.3) is 0 Å². The van der Waals surface area contributed by atoms with Crippen LogP contribution in [-0.4, -0.2) is 39.9 Å². The molecule has 0 aliphatic rings. The molecule has 0 bridgehead atoms. The molecule has 0 aromatic heterocycles. The standard InChI is InChI=1S/C19H23ClN2O4.ClH/c1-24-11-16(21)19(23)22-18(13-6-4-5-7-15(13)20)14-9-8-12(25-2)10-17(14)26-3;/h4-10,16,18H,11,21H2,1-3H3,(H,22,23);1H. The van der Waals surface area contributed by atoms with Crippen molar-refractivity contribution in [3.05, 3.63) is 58.6 Å². The van der Waals surface area contributed by atoms with Crippen LogP contribution >= 0.6 is 24.0 Å². The Balaban J connectivity index is 0.00000364. The van der Waals surface area contributed by atoms with E-state index in [4.69, 9.17) is 31.5 Å². The molecule has 6 nitrogen and oxygen atoms in total. The molecule has 0 aliphatic heterocycles. The van der Waals surface area contributed by atoms with E-state index in [1.54, 1.807) is 32.4 Å². The summed E-state index contributed by atoms with van der Waals surface area (Å²) in [4.78, 5) is 12.5. The molecule has 2 unspecified atom stereocenters. The molecule has 8 heteroatoms. The quantitative estimate of drug-likeness (QED) is 0.693. The SMILES string of the molecule is COCC(N)C(=O)NC(c1ccccc1Cl)c1ccc(OC)cc1OC.Cl. The smallest absolute Gasteiger partial charge is 0.240 e. The topological polar surface area (TPSA) is 82.8 Å². The average molecular weight is 415 g/mol. The zero-order valence-corrected chi connectivity index (χ0v) is 17.0. The van der Waals surface area contributed by atoms with Crippen molar-refractivity contribution in [2.24, 2.45) is 5.73 Å². The summed E-state index contributed by atoms with van der Waals surface area (Å²) in [6, 6.07) is 11.3. The van der Waals surface area contributed by atoms with Gasteiger partial charge in [0.15, 0.2) is 0 Å². The third kappa shape index (κ3) is 5.74. The second-order valence-corrected chi connectivity index (χ2v) is 6.04. The van der Waals surface area contributed by atoms with E-state index in [-0.39, 0.29) is 24.9 Å². The molecule has 0 saturated heterocycles. The van der Waals surface area contributed by atoms with Gasteiger partial charge < -0.3 is 25.3 Å². The highest BCUT2D eigenvalue weighted by Gasteiger charge is 2.25. The molecule has 0 aliphatic carbocycles. The van der Waals surface area contributed by atoms with E-state index in [1.807, 2.05) is 24.3 Å². The molecule has 3 N–H and O–H groups in total. The van der Waals surface area contributed by atoms with E-state index in [0.29, 0.717) is 16.5 Å². The van der Waals surface area contributed by atoms with Gasteiger partial charge in [-0.1, -0.05) is 29.8 Å². The zero-order chi connectivity index (χ0) is 19.1. The van der Waals surface area contributed by atoms with Crippen LogP contribution in [0.5, 0.6) is 11.5 Å². The van der Waals surface area contributed by atoms with Gasteiger partial charge in [-0.3, -0.25) is 4.79 Å². The Morgan fingerprint density at radius 2 is 1.81 bits per heavy atom. The molecule has 0 spiro atoms. The summed E-state index contributed by atoms with van der Waals surface area (Å²) in [6.07, 6.45) is 0. The van der Waals surface area contributed by atoms with E-state index >= 15 is 0 Å². The lowest BCUT2D eigenvalue weighted by Crippen LogP contribution is -2.45. The lowest BCUT2D eigenvalue weighted by Gasteiger charge is -2.24. The lowest BCUT2D eigenvalue weighted by molar-refractivity contribution is -0.123. The summed E-state index contributed by atoms with van der Waals surface area (Å²) in [7, 11) is 4.62. The highest BCUT2D eigenvalue weighted by molar-refractivity contribution is 6.31. The second kappa shape index (κ2) is 11.0. The summed E-state index contributed by atoms with van der Waals surface area (Å²) in [5.74, 6) is 0.857. The number of methoxy groups -OCH3 is 3. The fourth-order valence-electron chi connectivity index (χ4n) is 2.59. The van der Waals surface area contributed by atoms with Crippen molar-refractivity contribution in [3.63, 3.8) is 0 Å². The molecule has 2 aromatic rings. The molecule has 148 valence electrons. The van der Waals surface area contributed by atoms with Gasteiger partial charge in [0.05, 0.1) is 26.9 Å². The Morgan fingerprint density at radius 1 is 1.11 bits per heavy atom. The minimum Gasteiger partial charge on any atom is -0.497 e. The van der Waals surface area contributed by atoms with E-state index < -0.39 is 12.1 Å². The van der Waals surface area contributed by atoms with Gasteiger partial charge >= 0.3 is 0 Å². The third-order valence-electron chi connectivity index (χ3n) is 3.94. The van der Waals surface area contributed by atoms with Crippen molar-refractivity contribution in [3.8, 4) is 11.5 Å². The van der Waals surface area contributed by atoms with Gasteiger partial charge in [-0.25, -0.2) is 0 Å². The Bertz CT molecular complexity index is 758. The number of nitrogens with two attached hydrogens (primary N) is 1. The van der Waals surface area contributed by atoms with Crippen molar-refractivity contribution >= 4 is 29.9 Å². The average Bonchev–Trinajstić information content (AvgIpc) is 2.66. The molecule has 2 aromatic carbocycles. The predicted octanol–water partition coefficient (Wildman–Crippen LogP) is 2.96. The van der Waals surface area contributed by atoms with E-state index in [9.17, 15) is 4.79 Å². The Morgan fingerprint density at radius 3 is 2.41 bits per heavy atom. The molecule has 27 heavy (non-hydrogen) atoms. The summed E-state index contributed by atoms with van der Waals surface area (Å²) in [6.45, 7) is 0.112. The maximum Gasteiger partial charge on any atom is 0.240 e. The maximum absolute atomic E-state index is 12.5. The van der Waals surface area contributed by atoms with Crippen LogP contribution < -0.4 is 20.5 Å². The van der Waals surface area contributed by atoms with Crippen LogP contribution in [0.2, 0.25) is 5.02 Å². The van der Waals surface area contributed by atoms with Crippen LogP contribution in [0.4, 0.5) is 0 Å². The molecule has 0 radical (unpaired) electrons. The third-order valence-corrected chi connectivity index (χ3v) is 4.28. The number of carbonyl (C=O) groups is 1. The highest BCUT2D eigenvalue weighted by Crippen LogP contribution is 2.35. The minimum absolute atomic E-state index is 0. The number of nitrogens with one attached hydrogen (secondary N) is 1. The number of ether oxygens (including phenoxy) is 3. The molecular weight excluding hydrogens is 391 g/mol. The number of amides is 1. The van der Waals surface area contributed by atoms with Crippen LogP contribution in [0.3, 0.4) is 0 Å². The van der Waals surface area contributed by atoms with Crippen LogP contribution in [-0.2, 0) is 9.53 Å². The van der Waals surface area contributed by atoms with Gasteiger partial charge in [-0.2, -0.15) is 0 Å². The van der Waals surface area contributed by atoms with Crippen LogP contribution in [0, 0.1) is 0 Å². The monoisotopic (exact) mass is 414 g/mol. The fraction of sp³-hybridized carbons (Fsp3) is 0.316. The molecular formula is C19H24Cl2N2O4. The predicted molar refractivity (Wildman–Crippen MR) is 108 cm³/mol. The van der Waals surface area contributed by atoms with Gasteiger partial charge in [0, 0.05) is 23.8 Å². The molecule has 0 fully saturated rings. The summed E-state index contributed by atoms with van der Waals surface area (Å²) < 4.78 is 15.7. The molecule has 2 rings (SSSR count). The summed E-state index contributed by atoms with van der Waals surface area (Å²) >= 11 is 6.37. The molecule has 0 saturated carbocycles. The van der Waals surface area contributed by atoms with Gasteiger partial charge in [0.2, 0.25) is 5.91 Å². The fourth-order valence-corrected chi connectivity index (χ4v) is 2.84. The van der Waals surface area contributed by atoms with E-state index in [0.717, 1.165) is 11.1 Å². The second-order valence-electron chi connectivity index (χ2n) is 5.63. The van der Waals surface area contributed by atoms with Crippen molar-refractivity contribution < 1.29 is 19.0 Å². The summed E-state index contributed by atoms with van der Waals surface area (Å²) in [5, 5.41) is 3.46. The van der Waals surface area contributed by atoms with Crippen molar-refractivity contribution in [1.29, 1.82) is 0 Å². The van der Waals surface area contributed by atoms with Crippen molar-refractivity contribution in [1.82, 2.24) is 5.32 Å². The van der Waals surface area contributed by atoms with Crippen LogP contribution in [0.15, 0.2) is 42.5 Å². The largest absolute Gasteiger partial charge is 0.497 e. The Hall–Kier alpha value is -1.99. The first-order valence-electron chi connectivity index (χ1n) is 8.03. The van der Waals surface area contributed by atoms with Crippen LogP contribution in [0.1, 0.15) is 17.2 Å². The number of benzene rings is 2. The molecule has 1 amide bonds. The zero-order valence-electron chi connectivity index (χ0n) is 15.4. The van der Waals surface area contributed by atoms with E-state index in [1.165, 1.54) is 7.11 Å². The number of rotatable bonds is 8. The number of halogens is 2. The first-order chi connectivity index (χ1) is 12.5. The molecule has 0 heterocycles. The first-order valence-corrected chi connectivity index (χ1v) is 8.40. The first kappa shape index (κ1) is 23.0. The number of carbonyl (C=O) groups excluding carboxylic acids is 1. The highest BCUT2D eigenvalue weighted by atomic mass is 35.5. The lowest BCUT2D eigenvalue weighted by atomic mass is 9.97. The van der Waals surface area contributed by atoms with E-state index in [2.05, 4.69) is 5.32 Å².